The molecule has 1 aliphatic carbocycles. The van der Waals surface area contributed by atoms with Gasteiger partial charge in [0, 0.05) is 12.8 Å². The highest BCUT2D eigenvalue weighted by Crippen LogP contribution is 2.35. The number of Topliss-reactive ketones (excluding diaryl/α,β-unsaturated/α-hetero) is 1. The van der Waals surface area contributed by atoms with Crippen molar-refractivity contribution in [3.8, 4) is 11.1 Å². The van der Waals surface area contributed by atoms with Gasteiger partial charge in [-0.1, -0.05) is 44.2 Å². The first-order valence-electron chi connectivity index (χ1n) is 6.72. The van der Waals surface area contributed by atoms with Crippen LogP contribution in [0.15, 0.2) is 45.6 Å². The predicted octanol–water partition coefficient (Wildman–Crippen LogP) is 3.46. The summed E-state index contributed by atoms with van der Waals surface area (Å²) >= 11 is 0. The normalized spacial score (nSPS) is 16.8. The molecule has 0 saturated carbocycles. The van der Waals surface area contributed by atoms with Crippen molar-refractivity contribution in [2.75, 3.05) is 0 Å². The molecule has 0 fully saturated rings. The molecule has 0 radical (unpaired) electrons. The van der Waals surface area contributed by atoms with Crippen LogP contribution < -0.4 is 5.63 Å². The summed E-state index contributed by atoms with van der Waals surface area (Å²) < 4.78 is 5.41. The van der Waals surface area contributed by atoms with Gasteiger partial charge in [-0.3, -0.25) is 4.79 Å². The van der Waals surface area contributed by atoms with Crippen molar-refractivity contribution < 1.29 is 9.21 Å². The Labute approximate surface area is 117 Å². The van der Waals surface area contributed by atoms with Gasteiger partial charge in [0.2, 0.25) is 0 Å². The molecule has 0 bridgehead atoms. The molecule has 0 amide bonds. The summed E-state index contributed by atoms with van der Waals surface area (Å²) in [5.41, 5.74) is 1.27. The Morgan fingerprint density at radius 3 is 2.40 bits per heavy atom. The number of benzene rings is 1. The average Bonchev–Trinajstić information content (AvgIpc) is 2.37. The molecule has 1 aliphatic rings. The van der Waals surface area contributed by atoms with Gasteiger partial charge in [-0.2, -0.15) is 0 Å². The maximum Gasteiger partial charge on any atom is 0.343 e. The van der Waals surface area contributed by atoms with E-state index in [0.717, 1.165) is 5.56 Å². The van der Waals surface area contributed by atoms with Gasteiger partial charge in [0.05, 0.1) is 11.1 Å². The zero-order chi connectivity index (χ0) is 14.3. The Bertz CT molecular complexity index is 724. The number of ketones is 1. The molecule has 1 aromatic heterocycles. The topological polar surface area (TPSA) is 47.3 Å². The van der Waals surface area contributed by atoms with Crippen molar-refractivity contribution >= 4 is 5.78 Å². The van der Waals surface area contributed by atoms with Crippen LogP contribution in [-0.4, -0.2) is 5.78 Å². The third-order valence-corrected chi connectivity index (χ3v) is 3.69. The summed E-state index contributed by atoms with van der Waals surface area (Å²) in [4.78, 5) is 24.4. The third kappa shape index (κ3) is 2.20. The van der Waals surface area contributed by atoms with Gasteiger partial charge in [0.1, 0.15) is 5.76 Å². The lowest BCUT2D eigenvalue weighted by atomic mass is 9.76. The van der Waals surface area contributed by atoms with Gasteiger partial charge >= 0.3 is 5.63 Å². The second kappa shape index (κ2) is 4.44. The molecule has 2 aromatic rings. The van der Waals surface area contributed by atoms with Crippen LogP contribution in [0, 0.1) is 5.41 Å². The van der Waals surface area contributed by atoms with Crippen LogP contribution in [-0.2, 0) is 6.42 Å². The van der Waals surface area contributed by atoms with E-state index in [0.29, 0.717) is 29.7 Å². The molecular weight excluding hydrogens is 252 g/mol. The zero-order valence-corrected chi connectivity index (χ0v) is 11.6. The number of carbonyl (C=O) groups excluding carboxylic acids is 1. The number of rotatable bonds is 1. The SMILES string of the molecule is CC1(C)CC(=O)c2cc(-c3ccccc3)c(=O)oc2C1. The largest absolute Gasteiger partial charge is 0.427 e. The van der Waals surface area contributed by atoms with Crippen molar-refractivity contribution in [1.29, 1.82) is 0 Å². The molecule has 1 aromatic carbocycles. The molecule has 3 nitrogen and oxygen atoms in total. The quantitative estimate of drug-likeness (QED) is 0.795. The zero-order valence-electron chi connectivity index (χ0n) is 11.6. The van der Waals surface area contributed by atoms with Crippen LogP contribution in [0.5, 0.6) is 0 Å². The summed E-state index contributed by atoms with van der Waals surface area (Å²) in [5.74, 6) is 0.577. The maximum absolute atomic E-state index is 12.2. The van der Waals surface area contributed by atoms with E-state index in [2.05, 4.69) is 0 Å². The molecule has 3 rings (SSSR count). The maximum atomic E-state index is 12.2. The molecule has 102 valence electrons. The van der Waals surface area contributed by atoms with Gasteiger partial charge in [-0.05, 0) is 17.0 Å². The fourth-order valence-corrected chi connectivity index (χ4v) is 2.72. The average molecular weight is 268 g/mol. The third-order valence-electron chi connectivity index (χ3n) is 3.69. The minimum absolute atomic E-state index is 0.0529. The van der Waals surface area contributed by atoms with E-state index in [1.54, 1.807) is 6.07 Å². The summed E-state index contributed by atoms with van der Waals surface area (Å²) in [7, 11) is 0. The fourth-order valence-electron chi connectivity index (χ4n) is 2.72. The van der Waals surface area contributed by atoms with E-state index in [-0.39, 0.29) is 16.8 Å². The summed E-state index contributed by atoms with van der Waals surface area (Å²) in [5, 5.41) is 0. The molecule has 0 saturated heterocycles. The van der Waals surface area contributed by atoms with E-state index in [4.69, 9.17) is 4.42 Å². The van der Waals surface area contributed by atoms with Crippen LogP contribution in [0.4, 0.5) is 0 Å². The van der Waals surface area contributed by atoms with Gasteiger partial charge in [-0.15, -0.1) is 0 Å². The molecular formula is C17H16O3. The second-order valence-electron chi connectivity index (χ2n) is 6.09. The highest BCUT2D eigenvalue weighted by Gasteiger charge is 2.33. The molecule has 20 heavy (non-hydrogen) atoms. The molecule has 0 N–H and O–H groups in total. The van der Waals surface area contributed by atoms with Crippen molar-refractivity contribution in [2.45, 2.75) is 26.7 Å². The van der Waals surface area contributed by atoms with E-state index < -0.39 is 0 Å². The van der Waals surface area contributed by atoms with Gasteiger partial charge in [-0.25, -0.2) is 4.79 Å². The van der Waals surface area contributed by atoms with Crippen LogP contribution in [0.1, 0.15) is 36.4 Å². The van der Waals surface area contributed by atoms with Gasteiger partial charge < -0.3 is 4.42 Å². The number of hydrogen-bond acceptors (Lipinski definition) is 3. The molecule has 0 spiro atoms. The van der Waals surface area contributed by atoms with E-state index in [1.807, 2.05) is 44.2 Å². The molecule has 0 aliphatic heterocycles. The minimum Gasteiger partial charge on any atom is -0.427 e. The fraction of sp³-hybridized carbons (Fsp3) is 0.294. The Kier molecular flexibility index (Phi) is 2.85. The first-order valence-corrected chi connectivity index (χ1v) is 6.72. The molecule has 0 atom stereocenters. The van der Waals surface area contributed by atoms with Crippen LogP contribution in [0.3, 0.4) is 0 Å². The van der Waals surface area contributed by atoms with Crippen LogP contribution in [0.2, 0.25) is 0 Å². The molecule has 1 heterocycles. The molecule has 3 heteroatoms. The number of hydrogen-bond donors (Lipinski definition) is 0. The summed E-state index contributed by atoms with van der Waals surface area (Å²) in [6.07, 6.45) is 1.11. The van der Waals surface area contributed by atoms with Crippen molar-refractivity contribution in [1.82, 2.24) is 0 Å². The highest BCUT2D eigenvalue weighted by atomic mass is 16.4. The van der Waals surface area contributed by atoms with E-state index in [1.165, 1.54) is 0 Å². The predicted molar refractivity (Wildman–Crippen MR) is 76.8 cm³/mol. The number of fused-ring (bicyclic) bond motifs is 1. The smallest absolute Gasteiger partial charge is 0.343 e. The second-order valence-corrected chi connectivity index (χ2v) is 6.09. The highest BCUT2D eigenvalue weighted by molar-refractivity contribution is 5.99. The van der Waals surface area contributed by atoms with Crippen molar-refractivity contribution in [2.24, 2.45) is 5.41 Å². The standard InChI is InChI=1S/C17H16O3/c1-17(2)9-14(18)13-8-12(11-6-4-3-5-7-11)16(19)20-15(13)10-17/h3-8H,9-10H2,1-2H3. The lowest BCUT2D eigenvalue weighted by Gasteiger charge is -2.28. The lowest BCUT2D eigenvalue weighted by molar-refractivity contribution is 0.0898. The Morgan fingerprint density at radius 1 is 1.00 bits per heavy atom. The lowest BCUT2D eigenvalue weighted by Crippen LogP contribution is -2.28. The van der Waals surface area contributed by atoms with E-state index in [9.17, 15) is 9.59 Å². The van der Waals surface area contributed by atoms with Crippen LogP contribution in [0.25, 0.3) is 11.1 Å². The van der Waals surface area contributed by atoms with Crippen LogP contribution >= 0.6 is 0 Å². The van der Waals surface area contributed by atoms with Crippen molar-refractivity contribution in [3.63, 3.8) is 0 Å². The minimum atomic E-state index is -0.375. The Balaban J connectivity index is 2.17. The van der Waals surface area contributed by atoms with E-state index >= 15 is 0 Å². The Morgan fingerprint density at radius 2 is 1.70 bits per heavy atom. The van der Waals surface area contributed by atoms with Crippen molar-refractivity contribution in [3.05, 3.63) is 58.1 Å². The Hall–Kier alpha value is -2.16. The summed E-state index contributed by atoms with van der Waals surface area (Å²) in [6.45, 7) is 4.03. The molecule has 0 unspecified atom stereocenters. The van der Waals surface area contributed by atoms with Gasteiger partial charge in [0.15, 0.2) is 5.78 Å². The number of carbonyl (C=O) groups is 1. The summed E-state index contributed by atoms with van der Waals surface area (Å²) in [6, 6.07) is 11.0. The first-order chi connectivity index (χ1) is 9.46. The first kappa shape index (κ1) is 12.9. The van der Waals surface area contributed by atoms with Gasteiger partial charge in [0.25, 0.3) is 0 Å². The monoisotopic (exact) mass is 268 g/mol.